The van der Waals surface area contributed by atoms with Crippen LogP contribution in [0.4, 0.5) is 4.79 Å². The van der Waals surface area contributed by atoms with Gasteiger partial charge in [-0.15, -0.1) is 24.0 Å². The van der Waals surface area contributed by atoms with E-state index in [1.165, 1.54) is 19.4 Å². The molecule has 1 unspecified atom stereocenters. The fourth-order valence-electron chi connectivity index (χ4n) is 4.24. The molecule has 2 N–H and O–H groups in total. The van der Waals surface area contributed by atoms with E-state index < -0.39 is 0 Å². The van der Waals surface area contributed by atoms with Crippen LogP contribution in [0.1, 0.15) is 45.3 Å². The predicted octanol–water partition coefficient (Wildman–Crippen LogP) is 3.08. The molecule has 0 aliphatic carbocycles. The van der Waals surface area contributed by atoms with Crippen LogP contribution >= 0.6 is 24.0 Å². The molecular formula is C22H38IN5O3. The van der Waals surface area contributed by atoms with Crippen molar-refractivity contribution in [2.24, 2.45) is 4.99 Å². The molecule has 0 aromatic carbocycles. The number of halogens is 1. The van der Waals surface area contributed by atoms with Crippen LogP contribution in [0, 0.1) is 0 Å². The quantitative estimate of drug-likeness (QED) is 0.296. The van der Waals surface area contributed by atoms with E-state index in [2.05, 4.69) is 22.5 Å². The maximum Gasteiger partial charge on any atom is 0.409 e. The minimum atomic E-state index is -0.206. The lowest BCUT2D eigenvalue weighted by molar-refractivity contribution is 0.0963. The van der Waals surface area contributed by atoms with Crippen LogP contribution in [-0.4, -0.2) is 79.8 Å². The van der Waals surface area contributed by atoms with Crippen molar-refractivity contribution in [1.29, 1.82) is 0 Å². The van der Waals surface area contributed by atoms with Gasteiger partial charge in [0.05, 0.1) is 19.4 Å². The lowest BCUT2D eigenvalue weighted by atomic mass is 10.1. The standard InChI is InChI=1S/C22H37N5O3.HI/c1-3-26-13-5-7-19(26)17-24-21(23-12-9-20-8-6-16-30-20)25-18-10-14-27(15-11-18)22(28)29-4-2;/h6,8,16,18-19H,3-5,7,9-15,17H2,1-2H3,(H2,23,24,25);1H. The molecule has 0 radical (unpaired) electrons. The molecule has 2 aliphatic rings. The smallest absolute Gasteiger partial charge is 0.409 e. The van der Waals surface area contributed by atoms with Crippen molar-refractivity contribution >= 4 is 36.0 Å². The Morgan fingerprint density at radius 1 is 1.26 bits per heavy atom. The van der Waals surface area contributed by atoms with Crippen molar-refractivity contribution in [3.05, 3.63) is 24.2 Å². The van der Waals surface area contributed by atoms with E-state index in [0.717, 1.165) is 50.6 Å². The molecule has 3 rings (SSSR count). The number of nitrogens with one attached hydrogen (secondary N) is 2. The number of hydrogen-bond donors (Lipinski definition) is 2. The first-order valence-electron chi connectivity index (χ1n) is 11.4. The zero-order chi connectivity index (χ0) is 21.2. The molecule has 2 saturated heterocycles. The van der Waals surface area contributed by atoms with Gasteiger partial charge in [0.1, 0.15) is 5.76 Å². The van der Waals surface area contributed by atoms with Gasteiger partial charge in [0.2, 0.25) is 0 Å². The van der Waals surface area contributed by atoms with Crippen LogP contribution in [0.2, 0.25) is 0 Å². The molecule has 0 saturated carbocycles. The summed E-state index contributed by atoms with van der Waals surface area (Å²) in [6.45, 7) is 9.75. The normalized spacial score (nSPS) is 20.4. The van der Waals surface area contributed by atoms with Gasteiger partial charge in [-0.3, -0.25) is 9.89 Å². The Labute approximate surface area is 203 Å². The molecule has 0 bridgehead atoms. The number of furan rings is 1. The second-order valence-electron chi connectivity index (χ2n) is 7.97. The third-order valence-corrected chi connectivity index (χ3v) is 5.97. The second-order valence-corrected chi connectivity index (χ2v) is 7.97. The number of carbonyl (C=O) groups is 1. The number of piperidine rings is 1. The minimum absolute atomic E-state index is 0. The Morgan fingerprint density at radius 2 is 2.06 bits per heavy atom. The van der Waals surface area contributed by atoms with E-state index in [4.69, 9.17) is 14.1 Å². The number of nitrogens with zero attached hydrogens (tertiary/aromatic N) is 3. The van der Waals surface area contributed by atoms with Crippen molar-refractivity contribution < 1.29 is 13.9 Å². The van der Waals surface area contributed by atoms with Crippen LogP contribution in [0.5, 0.6) is 0 Å². The summed E-state index contributed by atoms with van der Waals surface area (Å²) in [4.78, 5) is 21.1. The highest BCUT2D eigenvalue weighted by Crippen LogP contribution is 2.17. The molecule has 176 valence electrons. The highest BCUT2D eigenvalue weighted by atomic mass is 127. The minimum Gasteiger partial charge on any atom is -0.469 e. The van der Waals surface area contributed by atoms with Gasteiger partial charge in [-0.05, 0) is 57.8 Å². The molecule has 1 aromatic heterocycles. The van der Waals surface area contributed by atoms with Gasteiger partial charge in [0.15, 0.2) is 5.96 Å². The lowest BCUT2D eigenvalue weighted by Crippen LogP contribution is -2.50. The van der Waals surface area contributed by atoms with Crippen molar-refractivity contribution in [2.75, 3.05) is 45.9 Å². The van der Waals surface area contributed by atoms with Gasteiger partial charge in [-0.2, -0.15) is 0 Å². The van der Waals surface area contributed by atoms with Crippen molar-refractivity contribution in [3.8, 4) is 0 Å². The summed E-state index contributed by atoms with van der Waals surface area (Å²) < 4.78 is 10.6. The summed E-state index contributed by atoms with van der Waals surface area (Å²) in [5.41, 5.74) is 0. The zero-order valence-electron chi connectivity index (χ0n) is 18.8. The monoisotopic (exact) mass is 547 g/mol. The van der Waals surface area contributed by atoms with Crippen LogP contribution in [0.25, 0.3) is 0 Å². The van der Waals surface area contributed by atoms with E-state index in [-0.39, 0.29) is 30.1 Å². The fourth-order valence-corrected chi connectivity index (χ4v) is 4.24. The van der Waals surface area contributed by atoms with Crippen LogP contribution < -0.4 is 10.6 Å². The van der Waals surface area contributed by atoms with Crippen LogP contribution in [0.15, 0.2) is 27.8 Å². The highest BCUT2D eigenvalue weighted by molar-refractivity contribution is 14.0. The summed E-state index contributed by atoms with van der Waals surface area (Å²) in [5.74, 6) is 1.83. The Kier molecular flexibility index (Phi) is 11.5. The summed E-state index contributed by atoms with van der Waals surface area (Å²) in [6, 6.07) is 4.74. The topological polar surface area (TPSA) is 82.3 Å². The number of ether oxygens (including phenoxy) is 1. The largest absolute Gasteiger partial charge is 0.469 e. The summed E-state index contributed by atoms with van der Waals surface area (Å²) in [5, 5.41) is 7.07. The number of amides is 1. The number of guanidine groups is 1. The molecule has 2 aliphatic heterocycles. The Hall–Kier alpha value is -1.49. The van der Waals surface area contributed by atoms with E-state index in [1.807, 2.05) is 19.1 Å². The third-order valence-electron chi connectivity index (χ3n) is 5.97. The Morgan fingerprint density at radius 3 is 2.74 bits per heavy atom. The molecule has 31 heavy (non-hydrogen) atoms. The van der Waals surface area contributed by atoms with Crippen LogP contribution in [0.3, 0.4) is 0 Å². The van der Waals surface area contributed by atoms with Gasteiger partial charge in [-0.1, -0.05) is 6.92 Å². The lowest BCUT2D eigenvalue weighted by Gasteiger charge is -2.32. The van der Waals surface area contributed by atoms with Crippen LogP contribution in [-0.2, 0) is 11.2 Å². The SMILES string of the molecule is CCOC(=O)N1CCC(NC(=NCC2CCCN2CC)NCCc2ccco2)CC1.I. The van der Waals surface area contributed by atoms with E-state index in [0.29, 0.717) is 31.8 Å². The molecule has 0 spiro atoms. The number of aliphatic imine (C=N–C) groups is 1. The van der Waals surface area contributed by atoms with Gasteiger partial charge in [0.25, 0.3) is 0 Å². The third kappa shape index (κ3) is 8.17. The van der Waals surface area contributed by atoms with Gasteiger partial charge in [-0.25, -0.2) is 4.79 Å². The van der Waals surface area contributed by atoms with E-state index in [1.54, 1.807) is 11.2 Å². The molecule has 3 heterocycles. The Bertz CT molecular complexity index is 662. The molecule has 1 amide bonds. The Balaban J connectivity index is 0.00000341. The zero-order valence-corrected chi connectivity index (χ0v) is 21.2. The molecule has 8 nitrogen and oxygen atoms in total. The predicted molar refractivity (Wildman–Crippen MR) is 133 cm³/mol. The van der Waals surface area contributed by atoms with Gasteiger partial charge >= 0.3 is 6.09 Å². The number of carbonyl (C=O) groups excluding carboxylic acids is 1. The summed E-state index contributed by atoms with van der Waals surface area (Å²) in [7, 11) is 0. The van der Waals surface area contributed by atoms with Crippen molar-refractivity contribution in [1.82, 2.24) is 20.4 Å². The molecule has 1 atom stereocenters. The maximum atomic E-state index is 11.9. The molecule has 1 aromatic rings. The molecule has 2 fully saturated rings. The average Bonchev–Trinajstić information content (AvgIpc) is 3.44. The first-order valence-corrected chi connectivity index (χ1v) is 11.4. The summed E-state index contributed by atoms with van der Waals surface area (Å²) in [6.07, 6.45) is 6.58. The van der Waals surface area contributed by atoms with Gasteiger partial charge in [0, 0.05) is 38.1 Å². The molecular weight excluding hydrogens is 509 g/mol. The number of likely N-dealkylation sites (N-methyl/N-ethyl adjacent to an activating group) is 1. The molecule has 9 heteroatoms. The van der Waals surface area contributed by atoms with Crippen molar-refractivity contribution in [2.45, 2.75) is 58.0 Å². The maximum absolute atomic E-state index is 11.9. The highest BCUT2D eigenvalue weighted by Gasteiger charge is 2.25. The average molecular weight is 547 g/mol. The first-order chi connectivity index (χ1) is 14.7. The fraction of sp³-hybridized carbons (Fsp3) is 0.727. The number of hydrogen-bond acceptors (Lipinski definition) is 5. The van der Waals surface area contributed by atoms with E-state index >= 15 is 0 Å². The van der Waals surface area contributed by atoms with Crippen molar-refractivity contribution in [3.63, 3.8) is 0 Å². The van der Waals surface area contributed by atoms with E-state index in [9.17, 15) is 4.79 Å². The second kappa shape index (κ2) is 13.8. The number of rotatable bonds is 8. The number of likely N-dealkylation sites (tertiary alicyclic amines) is 2. The summed E-state index contributed by atoms with van der Waals surface area (Å²) >= 11 is 0. The first kappa shape index (κ1) is 25.8. The van der Waals surface area contributed by atoms with Gasteiger partial charge < -0.3 is 24.7 Å².